The molecule has 16 heavy (non-hydrogen) atoms. The summed E-state index contributed by atoms with van der Waals surface area (Å²) in [6.45, 7) is 0. The van der Waals surface area contributed by atoms with Crippen molar-refractivity contribution in [1.29, 1.82) is 0 Å². The summed E-state index contributed by atoms with van der Waals surface area (Å²) in [5.74, 6) is 3.33. The molecule has 0 radical (unpaired) electrons. The van der Waals surface area contributed by atoms with Crippen LogP contribution in [0.15, 0.2) is 22.7 Å². The van der Waals surface area contributed by atoms with Crippen molar-refractivity contribution >= 4 is 15.9 Å². The molecule has 3 heteroatoms. The van der Waals surface area contributed by atoms with Crippen molar-refractivity contribution in [3.63, 3.8) is 0 Å². The summed E-state index contributed by atoms with van der Waals surface area (Å²) < 4.78 is 5.97. The van der Waals surface area contributed by atoms with E-state index in [4.69, 9.17) is 11.2 Å². The Morgan fingerprint density at radius 1 is 1.56 bits per heavy atom. The van der Waals surface area contributed by atoms with Gasteiger partial charge in [-0.3, -0.25) is 0 Å². The van der Waals surface area contributed by atoms with E-state index in [1.54, 1.807) is 7.11 Å². The summed E-state index contributed by atoms with van der Waals surface area (Å²) in [5.41, 5.74) is 0.879. The summed E-state index contributed by atoms with van der Waals surface area (Å²) in [7, 11) is 1.61. The molecule has 1 unspecified atom stereocenters. The second-order valence-electron chi connectivity index (χ2n) is 3.51. The average Bonchev–Trinajstić information content (AvgIpc) is 2.29. The first kappa shape index (κ1) is 13.1. The third kappa shape index (κ3) is 3.55. The van der Waals surface area contributed by atoms with Crippen LogP contribution in [0.3, 0.4) is 0 Å². The molecular weight excluding hydrogens is 268 g/mol. The molecule has 0 aromatic heterocycles. The summed E-state index contributed by atoms with van der Waals surface area (Å²) in [6.07, 6.45) is 6.92. The summed E-state index contributed by atoms with van der Waals surface area (Å²) in [4.78, 5) is 0. The molecule has 0 fully saturated rings. The Balaban J connectivity index is 2.66. The molecule has 0 aliphatic rings. The highest BCUT2D eigenvalue weighted by molar-refractivity contribution is 9.10. The van der Waals surface area contributed by atoms with Crippen LogP contribution in [0.25, 0.3) is 0 Å². The highest BCUT2D eigenvalue weighted by Gasteiger charge is 2.09. The minimum atomic E-state index is -0.462. The average molecular weight is 283 g/mol. The van der Waals surface area contributed by atoms with E-state index >= 15 is 0 Å². The third-order valence-corrected chi connectivity index (χ3v) is 2.98. The van der Waals surface area contributed by atoms with Crippen LogP contribution in [0.2, 0.25) is 0 Å². The van der Waals surface area contributed by atoms with Gasteiger partial charge in [-0.15, -0.1) is 12.3 Å². The predicted molar refractivity (Wildman–Crippen MR) is 68.3 cm³/mol. The number of methoxy groups -OCH3 is 1. The molecule has 1 atom stereocenters. The van der Waals surface area contributed by atoms with E-state index in [-0.39, 0.29) is 0 Å². The van der Waals surface area contributed by atoms with E-state index in [1.807, 2.05) is 18.2 Å². The standard InChI is InChI=1S/C13H15BrO2/c1-3-4-5-6-12(15)10-7-8-13(16-2)11(14)9-10/h1,7-9,12,15H,4-6H2,2H3. The van der Waals surface area contributed by atoms with E-state index in [0.29, 0.717) is 12.8 Å². The Labute approximate surface area is 105 Å². The fourth-order valence-electron chi connectivity index (χ4n) is 1.45. The Morgan fingerprint density at radius 2 is 2.31 bits per heavy atom. The SMILES string of the molecule is C#CCCCC(O)c1ccc(OC)c(Br)c1. The number of terminal acetylenes is 1. The van der Waals surface area contributed by atoms with Crippen LogP contribution in [0.4, 0.5) is 0 Å². The van der Waals surface area contributed by atoms with Crippen LogP contribution in [0, 0.1) is 12.3 Å². The number of benzene rings is 1. The quantitative estimate of drug-likeness (QED) is 0.663. The second-order valence-corrected chi connectivity index (χ2v) is 4.36. The normalized spacial score (nSPS) is 11.9. The molecule has 1 rings (SSSR count). The van der Waals surface area contributed by atoms with E-state index in [2.05, 4.69) is 21.9 Å². The summed E-state index contributed by atoms with van der Waals surface area (Å²) in [6, 6.07) is 5.58. The number of aliphatic hydroxyl groups is 1. The van der Waals surface area contributed by atoms with Gasteiger partial charge in [-0.05, 0) is 46.5 Å². The van der Waals surface area contributed by atoms with Gasteiger partial charge in [-0.25, -0.2) is 0 Å². The van der Waals surface area contributed by atoms with Gasteiger partial charge in [0.05, 0.1) is 17.7 Å². The first-order valence-electron chi connectivity index (χ1n) is 5.14. The van der Waals surface area contributed by atoms with Gasteiger partial charge in [0.1, 0.15) is 5.75 Å². The molecule has 0 saturated heterocycles. The van der Waals surface area contributed by atoms with Crippen LogP contribution in [-0.2, 0) is 0 Å². The van der Waals surface area contributed by atoms with Gasteiger partial charge < -0.3 is 9.84 Å². The second kappa shape index (κ2) is 6.57. The Kier molecular flexibility index (Phi) is 5.37. The predicted octanol–water partition coefficient (Wildman–Crippen LogP) is 3.29. The van der Waals surface area contributed by atoms with Gasteiger partial charge in [-0.2, -0.15) is 0 Å². The summed E-state index contributed by atoms with van der Waals surface area (Å²) in [5, 5.41) is 9.90. The lowest BCUT2D eigenvalue weighted by atomic mass is 10.0. The Morgan fingerprint density at radius 3 is 2.88 bits per heavy atom. The molecule has 1 aromatic carbocycles. The van der Waals surface area contributed by atoms with Crippen molar-refractivity contribution in [2.75, 3.05) is 7.11 Å². The molecule has 1 N–H and O–H groups in total. The maximum absolute atomic E-state index is 9.90. The van der Waals surface area contributed by atoms with E-state index in [9.17, 15) is 5.11 Å². The molecule has 86 valence electrons. The molecule has 0 amide bonds. The zero-order chi connectivity index (χ0) is 12.0. The zero-order valence-corrected chi connectivity index (χ0v) is 10.8. The fourth-order valence-corrected chi connectivity index (χ4v) is 2.01. The van der Waals surface area contributed by atoms with E-state index in [0.717, 1.165) is 22.2 Å². The number of hydrogen-bond donors (Lipinski definition) is 1. The van der Waals surface area contributed by atoms with Crippen LogP contribution in [0.5, 0.6) is 5.75 Å². The number of hydrogen-bond acceptors (Lipinski definition) is 2. The van der Waals surface area contributed by atoms with Crippen LogP contribution >= 0.6 is 15.9 Å². The maximum Gasteiger partial charge on any atom is 0.133 e. The minimum absolute atomic E-state index is 0.462. The van der Waals surface area contributed by atoms with Gasteiger partial charge in [0.2, 0.25) is 0 Å². The zero-order valence-electron chi connectivity index (χ0n) is 9.24. The molecule has 0 aliphatic heterocycles. The van der Waals surface area contributed by atoms with Crippen LogP contribution < -0.4 is 4.74 Å². The number of rotatable bonds is 5. The Hall–Kier alpha value is -0.980. The molecule has 0 spiro atoms. The van der Waals surface area contributed by atoms with E-state index in [1.165, 1.54) is 0 Å². The summed E-state index contributed by atoms with van der Waals surface area (Å²) >= 11 is 3.39. The molecular formula is C13H15BrO2. The molecule has 2 nitrogen and oxygen atoms in total. The van der Waals surface area contributed by atoms with Gasteiger partial charge in [0.25, 0.3) is 0 Å². The number of aliphatic hydroxyl groups excluding tert-OH is 1. The Bertz CT molecular complexity index is 382. The first-order valence-corrected chi connectivity index (χ1v) is 5.93. The number of ether oxygens (including phenoxy) is 1. The lowest BCUT2D eigenvalue weighted by Gasteiger charge is -2.12. The lowest BCUT2D eigenvalue weighted by molar-refractivity contribution is 0.165. The van der Waals surface area contributed by atoms with Crippen LogP contribution in [0.1, 0.15) is 30.9 Å². The smallest absolute Gasteiger partial charge is 0.133 e. The monoisotopic (exact) mass is 282 g/mol. The topological polar surface area (TPSA) is 29.5 Å². The largest absolute Gasteiger partial charge is 0.496 e. The molecule has 0 bridgehead atoms. The van der Waals surface area contributed by atoms with Crippen molar-refractivity contribution in [3.05, 3.63) is 28.2 Å². The highest BCUT2D eigenvalue weighted by Crippen LogP contribution is 2.29. The number of unbranched alkanes of at least 4 members (excludes halogenated alkanes) is 1. The van der Waals surface area contributed by atoms with Crippen LogP contribution in [-0.4, -0.2) is 12.2 Å². The number of halogens is 1. The lowest BCUT2D eigenvalue weighted by Crippen LogP contribution is -1.97. The van der Waals surface area contributed by atoms with Crippen molar-refractivity contribution in [2.24, 2.45) is 0 Å². The van der Waals surface area contributed by atoms with Gasteiger partial charge >= 0.3 is 0 Å². The fraction of sp³-hybridized carbons (Fsp3) is 0.385. The molecule has 0 aliphatic carbocycles. The van der Waals surface area contributed by atoms with Crippen molar-refractivity contribution in [2.45, 2.75) is 25.4 Å². The van der Waals surface area contributed by atoms with E-state index < -0.39 is 6.10 Å². The molecule has 0 heterocycles. The molecule has 1 aromatic rings. The van der Waals surface area contributed by atoms with Crippen molar-refractivity contribution in [1.82, 2.24) is 0 Å². The van der Waals surface area contributed by atoms with Crippen molar-refractivity contribution in [3.8, 4) is 18.1 Å². The maximum atomic E-state index is 9.90. The third-order valence-electron chi connectivity index (χ3n) is 2.36. The van der Waals surface area contributed by atoms with Crippen molar-refractivity contribution < 1.29 is 9.84 Å². The minimum Gasteiger partial charge on any atom is -0.496 e. The van der Waals surface area contributed by atoms with Gasteiger partial charge in [0.15, 0.2) is 0 Å². The van der Waals surface area contributed by atoms with Gasteiger partial charge in [-0.1, -0.05) is 6.07 Å². The highest BCUT2D eigenvalue weighted by atomic mass is 79.9. The molecule has 0 saturated carbocycles. The first-order chi connectivity index (χ1) is 7.69. The van der Waals surface area contributed by atoms with Gasteiger partial charge in [0, 0.05) is 6.42 Å².